The quantitative estimate of drug-likeness (QED) is 0.642. The molecule has 1 saturated heterocycles. The molecule has 2 unspecified atom stereocenters. The number of piperidine rings is 1. The number of carbonyl (C=O) groups is 1. The van der Waals surface area contributed by atoms with Gasteiger partial charge < -0.3 is 10.2 Å². The van der Waals surface area contributed by atoms with Crippen LogP contribution >= 0.6 is 11.6 Å². The van der Waals surface area contributed by atoms with Gasteiger partial charge in [-0.3, -0.25) is 0 Å². The van der Waals surface area contributed by atoms with Crippen molar-refractivity contribution in [3.05, 3.63) is 0 Å². The Hall–Kier alpha value is -0.440. The monoisotopic (exact) mass is 188 g/mol. The van der Waals surface area contributed by atoms with E-state index in [0.29, 0.717) is 12.4 Å². The van der Waals surface area contributed by atoms with E-state index in [9.17, 15) is 4.79 Å². The Morgan fingerprint density at radius 3 is 2.75 bits per heavy atom. The first-order chi connectivity index (χ1) is 5.81. The Kier molecular flexibility index (Phi) is 2.13. The van der Waals surface area contributed by atoms with Crippen LogP contribution in [0.25, 0.3) is 0 Å². The summed E-state index contributed by atoms with van der Waals surface area (Å²) in [5, 5.41) is 2.77. The lowest BCUT2D eigenvalue weighted by Gasteiger charge is -2.17. The van der Waals surface area contributed by atoms with Crippen LogP contribution in [0, 0.1) is 11.8 Å². The maximum Gasteiger partial charge on any atom is 0.317 e. The molecule has 0 spiro atoms. The van der Waals surface area contributed by atoms with Crippen LogP contribution in [0.5, 0.6) is 0 Å². The summed E-state index contributed by atoms with van der Waals surface area (Å²) < 4.78 is 0. The summed E-state index contributed by atoms with van der Waals surface area (Å²) in [5.41, 5.74) is 0. The average Bonchev–Trinajstić information content (AvgIpc) is 2.69. The number of halogens is 1. The van der Waals surface area contributed by atoms with Crippen LogP contribution in [0.15, 0.2) is 0 Å². The Balaban J connectivity index is 1.73. The Bertz CT molecular complexity index is 187. The highest BCUT2D eigenvalue weighted by atomic mass is 35.5. The first kappa shape index (κ1) is 8.17. The minimum atomic E-state index is 0.0582. The van der Waals surface area contributed by atoms with Gasteiger partial charge in [-0.2, -0.15) is 0 Å². The molecule has 2 rings (SSSR count). The van der Waals surface area contributed by atoms with E-state index in [1.807, 2.05) is 4.90 Å². The number of rotatable bonds is 2. The fraction of sp³-hybridized carbons (Fsp3) is 0.875. The first-order valence-electron chi connectivity index (χ1n) is 4.40. The van der Waals surface area contributed by atoms with E-state index in [2.05, 4.69) is 5.32 Å². The lowest BCUT2D eigenvalue weighted by atomic mass is 10.4. The summed E-state index contributed by atoms with van der Waals surface area (Å²) in [6.07, 6.45) is 1.33. The van der Waals surface area contributed by atoms with E-state index in [-0.39, 0.29) is 6.03 Å². The third-order valence-corrected chi connectivity index (χ3v) is 2.83. The van der Waals surface area contributed by atoms with Crippen molar-refractivity contribution in [3.8, 4) is 0 Å². The van der Waals surface area contributed by atoms with Crippen molar-refractivity contribution in [3.63, 3.8) is 0 Å². The van der Waals surface area contributed by atoms with Crippen LogP contribution < -0.4 is 5.32 Å². The van der Waals surface area contributed by atoms with Gasteiger partial charge in [0, 0.05) is 25.5 Å². The van der Waals surface area contributed by atoms with Crippen molar-refractivity contribution in [2.75, 3.05) is 25.5 Å². The molecule has 3 nitrogen and oxygen atoms in total. The van der Waals surface area contributed by atoms with Crippen LogP contribution in [0.2, 0.25) is 0 Å². The van der Waals surface area contributed by atoms with Gasteiger partial charge in [-0.05, 0) is 18.3 Å². The third kappa shape index (κ3) is 1.51. The molecule has 2 fully saturated rings. The zero-order chi connectivity index (χ0) is 8.55. The van der Waals surface area contributed by atoms with E-state index in [1.165, 1.54) is 6.42 Å². The molecule has 1 aliphatic heterocycles. The Morgan fingerprint density at radius 2 is 2.17 bits per heavy atom. The number of amides is 2. The number of urea groups is 1. The number of likely N-dealkylation sites (tertiary alicyclic amines) is 1. The molecule has 1 aliphatic carbocycles. The summed E-state index contributed by atoms with van der Waals surface area (Å²) in [7, 11) is 0. The number of nitrogens with zero attached hydrogens (tertiary/aromatic N) is 1. The van der Waals surface area contributed by atoms with Crippen LogP contribution in [-0.2, 0) is 0 Å². The maximum atomic E-state index is 11.3. The van der Waals surface area contributed by atoms with Gasteiger partial charge in [0.1, 0.15) is 0 Å². The fourth-order valence-corrected chi connectivity index (χ4v) is 1.92. The van der Waals surface area contributed by atoms with Crippen molar-refractivity contribution in [1.82, 2.24) is 10.2 Å². The number of fused-ring (bicyclic) bond motifs is 1. The standard InChI is InChI=1S/C8H13ClN2O/c9-1-2-10-8(12)11-4-6-3-7(6)5-11/h6-7H,1-5H2,(H,10,12). The zero-order valence-electron chi connectivity index (χ0n) is 6.92. The molecule has 0 aromatic carbocycles. The molecular formula is C8H13ClN2O. The lowest BCUT2D eigenvalue weighted by molar-refractivity contribution is 0.204. The summed E-state index contributed by atoms with van der Waals surface area (Å²) in [6.45, 7) is 2.49. The molecule has 0 bridgehead atoms. The van der Waals surface area contributed by atoms with Gasteiger partial charge in [0.2, 0.25) is 0 Å². The highest BCUT2D eigenvalue weighted by Gasteiger charge is 2.46. The second-order valence-corrected chi connectivity index (χ2v) is 3.96. The SMILES string of the molecule is O=C(NCCCl)N1CC2CC2C1. The van der Waals surface area contributed by atoms with E-state index >= 15 is 0 Å². The van der Waals surface area contributed by atoms with Crippen molar-refractivity contribution in [2.24, 2.45) is 11.8 Å². The van der Waals surface area contributed by atoms with Gasteiger partial charge in [0.05, 0.1) is 0 Å². The van der Waals surface area contributed by atoms with Crippen molar-refractivity contribution < 1.29 is 4.79 Å². The van der Waals surface area contributed by atoms with E-state index in [4.69, 9.17) is 11.6 Å². The van der Waals surface area contributed by atoms with Gasteiger partial charge in [-0.1, -0.05) is 0 Å². The Labute approximate surface area is 77.1 Å². The molecule has 4 heteroatoms. The average molecular weight is 189 g/mol. The van der Waals surface area contributed by atoms with Gasteiger partial charge in [-0.25, -0.2) is 4.79 Å². The molecular weight excluding hydrogens is 176 g/mol. The van der Waals surface area contributed by atoms with Crippen molar-refractivity contribution >= 4 is 17.6 Å². The lowest BCUT2D eigenvalue weighted by Crippen LogP contribution is -2.40. The van der Waals surface area contributed by atoms with E-state index in [0.717, 1.165) is 24.9 Å². The highest BCUT2D eigenvalue weighted by molar-refractivity contribution is 6.18. The third-order valence-electron chi connectivity index (χ3n) is 2.64. The number of hydrogen-bond acceptors (Lipinski definition) is 1. The van der Waals surface area contributed by atoms with Gasteiger partial charge >= 0.3 is 6.03 Å². The summed E-state index contributed by atoms with van der Waals surface area (Å²) in [4.78, 5) is 13.2. The topological polar surface area (TPSA) is 32.3 Å². The second-order valence-electron chi connectivity index (χ2n) is 3.58. The van der Waals surface area contributed by atoms with Crippen molar-refractivity contribution in [1.29, 1.82) is 0 Å². The maximum absolute atomic E-state index is 11.3. The molecule has 0 aromatic rings. The summed E-state index contributed by atoms with van der Waals surface area (Å²) >= 11 is 5.46. The molecule has 2 atom stereocenters. The van der Waals surface area contributed by atoms with Gasteiger partial charge in [-0.15, -0.1) is 11.6 Å². The number of hydrogen-bond donors (Lipinski definition) is 1. The van der Waals surface area contributed by atoms with Crippen LogP contribution in [0.1, 0.15) is 6.42 Å². The summed E-state index contributed by atoms with van der Waals surface area (Å²) in [5.74, 6) is 2.12. The smallest absolute Gasteiger partial charge is 0.317 e. The molecule has 0 aromatic heterocycles. The molecule has 12 heavy (non-hydrogen) atoms. The number of nitrogens with one attached hydrogen (secondary N) is 1. The van der Waals surface area contributed by atoms with Gasteiger partial charge in [0.15, 0.2) is 0 Å². The predicted octanol–water partition coefficient (Wildman–Crippen LogP) is 0.887. The van der Waals surface area contributed by atoms with Crippen molar-refractivity contribution in [2.45, 2.75) is 6.42 Å². The normalized spacial score (nSPS) is 31.6. The molecule has 1 saturated carbocycles. The second kappa shape index (κ2) is 3.13. The highest BCUT2D eigenvalue weighted by Crippen LogP contribution is 2.44. The molecule has 2 aliphatic rings. The van der Waals surface area contributed by atoms with E-state index in [1.54, 1.807) is 0 Å². The molecule has 2 amide bonds. The molecule has 0 radical (unpaired) electrons. The molecule has 1 heterocycles. The minimum absolute atomic E-state index is 0.0582. The zero-order valence-corrected chi connectivity index (χ0v) is 7.68. The van der Waals surface area contributed by atoms with Crippen LogP contribution in [0.3, 0.4) is 0 Å². The largest absolute Gasteiger partial charge is 0.337 e. The Morgan fingerprint density at radius 1 is 1.50 bits per heavy atom. The number of alkyl halides is 1. The van der Waals surface area contributed by atoms with E-state index < -0.39 is 0 Å². The predicted molar refractivity (Wildman–Crippen MR) is 47.3 cm³/mol. The minimum Gasteiger partial charge on any atom is -0.337 e. The van der Waals surface area contributed by atoms with Crippen LogP contribution in [-0.4, -0.2) is 36.4 Å². The fourth-order valence-electron chi connectivity index (χ4n) is 1.83. The summed E-state index contributed by atoms with van der Waals surface area (Å²) in [6, 6.07) is 0.0582. The molecule has 1 N–H and O–H groups in total. The molecule has 68 valence electrons. The first-order valence-corrected chi connectivity index (χ1v) is 4.93. The van der Waals surface area contributed by atoms with Crippen LogP contribution in [0.4, 0.5) is 4.79 Å². The van der Waals surface area contributed by atoms with Gasteiger partial charge in [0.25, 0.3) is 0 Å². The number of carbonyl (C=O) groups excluding carboxylic acids is 1.